The third-order valence-corrected chi connectivity index (χ3v) is 7.78. The van der Waals surface area contributed by atoms with Crippen LogP contribution >= 0.6 is 23.4 Å². The fourth-order valence-corrected chi connectivity index (χ4v) is 5.49. The summed E-state index contributed by atoms with van der Waals surface area (Å²) in [6, 6.07) is 12.1. The van der Waals surface area contributed by atoms with Gasteiger partial charge >= 0.3 is 0 Å². The molecular formula is C21H23ClN2O4S2. The van der Waals surface area contributed by atoms with Crippen molar-refractivity contribution in [3.8, 4) is 0 Å². The fourth-order valence-electron chi connectivity index (χ4n) is 3.05. The molecule has 1 atom stereocenters. The second kappa shape index (κ2) is 9.85. The van der Waals surface area contributed by atoms with Crippen molar-refractivity contribution in [1.29, 1.82) is 0 Å². The smallest absolute Gasteiger partial charge is 0.225 e. The van der Waals surface area contributed by atoms with Crippen LogP contribution in [-0.4, -0.2) is 37.8 Å². The average Bonchev–Trinajstić information content (AvgIpc) is 2.83. The molecule has 2 aromatic rings. The Morgan fingerprint density at radius 3 is 2.70 bits per heavy atom. The number of anilines is 1. The summed E-state index contributed by atoms with van der Waals surface area (Å²) < 4.78 is 25.3. The molecule has 1 unspecified atom stereocenters. The van der Waals surface area contributed by atoms with E-state index >= 15 is 0 Å². The SMILES string of the molecule is CC1CC(=O)Nc2cc(S(=O)(=O)CCC(=O)NCCc3ccc(Cl)cc3)ccc2S1. The van der Waals surface area contributed by atoms with E-state index in [2.05, 4.69) is 10.6 Å². The Labute approximate surface area is 185 Å². The van der Waals surface area contributed by atoms with Crippen LogP contribution in [0.5, 0.6) is 0 Å². The predicted molar refractivity (Wildman–Crippen MR) is 120 cm³/mol. The maximum atomic E-state index is 12.7. The number of hydrogen-bond acceptors (Lipinski definition) is 5. The third-order valence-electron chi connectivity index (χ3n) is 4.63. The lowest BCUT2D eigenvalue weighted by atomic mass is 10.1. The van der Waals surface area contributed by atoms with Gasteiger partial charge in [0, 0.05) is 34.6 Å². The molecule has 0 saturated carbocycles. The van der Waals surface area contributed by atoms with Crippen molar-refractivity contribution in [2.24, 2.45) is 0 Å². The molecule has 0 aromatic heterocycles. The van der Waals surface area contributed by atoms with E-state index in [0.29, 0.717) is 30.1 Å². The Bertz CT molecular complexity index is 1040. The molecule has 9 heteroatoms. The number of hydrogen-bond donors (Lipinski definition) is 2. The van der Waals surface area contributed by atoms with E-state index in [1.54, 1.807) is 18.2 Å². The zero-order valence-electron chi connectivity index (χ0n) is 16.5. The van der Waals surface area contributed by atoms with E-state index < -0.39 is 9.84 Å². The van der Waals surface area contributed by atoms with E-state index in [9.17, 15) is 18.0 Å². The van der Waals surface area contributed by atoms with E-state index in [1.165, 1.54) is 23.9 Å². The number of benzene rings is 2. The summed E-state index contributed by atoms with van der Waals surface area (Å²) in [7, 11) is -3.65. The lowest BCUT2D eigenvalue weighted by molar-refractivity contribution is -0.120. The van der Waals surface area contributed by atoms with E-state index in [-0.39, 0.29) is 34.1 Å². The monoisotopic (exact) mass is 466 g/mol. The van der Waals surface area contributed by atoms with Gasteiger partial charge in [-0.25, -0.2) is 8.42 Å². The van der Waals surface area contributed by atoms with Crippen LogP contribution in [0.3, 0.4) is 0 Å². The Morgan fingerprint density at radius 1 is 1.23 bits per heavy atom. The van der Waals surface area contributed by atoms with E-state index in [0.717, 1.165) is 10.5 Å². The van der Waals surface area contributed by atoms with Crippen LogP contribution in [0.4, 0.5) is 5.69 Å². The standard InChI is InChI=1S/C21H23ClN2O4S2/c1-14-12-21(26)24-18-13-17(6-7-19(18)29-14)30(27,28)11-9-20(25)23-10-8-15-2-4-16(22)5-3-15/h2-7,13-14H,8-12H2,1H3,(H,23,25)(H,24,26). The Kier molecular flexibility index (Phi) is 7.44. The number of nitrogens with one attached hydrogen (secondary N) is 2. The molecule has 0 spiro atoms. The molecule has 2 N–H and O–H groups in total. The van der Waals surface area contributed by atoms with Crippen LogP contribution in [-0.2, 0) is 25.8 Å². The summed E-state index contributed by atoms with van der Waals surface area (Å²) in [6.07, 6.45) is 0.881. The van der Waals surface area contributed by atoms with Crippen molar-refractivity contribution < 1.29 is 18.0 Å². The lowest BCUT2D eigenvalue weighted by Crippen LogP contribution is -2.27. The molecule has 1 aliphatic rings. The van der Waals surface area contributed by atoms with Gasteiger partial charge in [0.15, 0.2) is 9.84 Å². The average molecular weight is 467 g/mol. The number of thioether (sulfide) groups is 1. The molecule has 0 saturated heterocycles. The number of sulfone groups is 1. The molecule has 2 amide bonds. The molecule has 6 nitrogen and oxygen atoms in total. The summed E-state index contributed by atoms with van der Waals surface area (Å²) in [6.45, 7) is 2.37. The van der Waals surface area contributed by atoms with Crippen molar-refractivity contribution in [2.75, 3.05) is 17.6 Å². The minimum atomic E-state index is -3.65. The minimum absolute atomic E-state index is 0.102. The molecule has 30 heavy (non-hydrogen) atoms. The maximum absolute atomic E-state index is 12.7. The van der Waals surface area contributed by atoms with Gasteiger partial charge in [0.1, 0.15) is 0 Å². The number of rotatable bonds is 7. The lowest BCUT2D eigenvalue weighted by Gasteiger charge is -2.11. The molecule has 0 bridgehead atoms. The highest BCUT2D eigenvalue weighted by Gasteiger charge is 2.22. The van der Waals surface area contributed by atoms with Crippen LogP contribution in [0, 0.1) is 0 Å². The summed E-state index contributed by atoms with van der Waals surface area (Å²) in [4.78, 5) is 24.9. The first-order chi connectivity index (χ1) is 14.2. The van der Waals surface area contributed by atoms with Gasteiger partial charge < -0.3 is 10.6 Å². The molecular weight excluding hydrogens is 444 g/mol. The summed E-state index contributed by atoms with van der Waals surface area (Å²) in [5.74, 6) is -0.751. The van der Waals surface area contributed by atoms with Gasteiger partial charge in [-0.1, -0.05) is 30.7 Å². The summed E-state index contributed by atoms with van der Waals surface area (Å²) in [5.41, 5.74) is 1.54. The van der Waals surface area contributed by atoms with Crippen LogP contribution in [0.25, 0.3) is 0 Å². The largest absolute Gasteiger partial charge is 0.356 e. The number of halogens is 1. The van der Waals surface area contributed by atoms with Crippen molar-refractivity contribution in [2.45, 2.75) is 41.2 Å². The van der Waals surface area contributed by atoms with Crippen molar-refractivity contribution >= 4 is 50.7 Å². The Hall–Kier alpha value is -2.03. The van der Waals surface area contributed by atoms with Gasteiger partial charge in [-0.15, -0.1) is 11.8 Å². The second-order valence-electron chi connectivity index (χ2n) is 7.13. The quantitative estimate of drug-likeness (QED) is 0.649. The highest BCUT2D eigenvalue weighted by Crippen LogP contribution is 2.36. The van der Waals surface area contributed by atoms with Gasteiger partial charge in [0.05, 0.1) is 16.3 Å². The molecule has 160 valence electrons. The van der Waals surface area contributed by atoms with Gasteiger partial charge in [-0.05, 0) is 42.3 Å². The highest BCUT2D eigenvalue weighted by atomic mass is 35.5. The van der Waals surface area contributed by atoms with Crippen LogP contribution in [0.1, 0.15) is 25.3 Å². The van der Waals surface area contributed by atoms with Crippen LogP contribution < -0.4 is 10.6 Å². The van der Waals surface area contributed by atoms with E-state index in [4.69, 9.17) is 11.6 Å². The van der Waals surface area contributed by atoms with Crippen molar-refractivity contribution in [1.82, 2.24) is 5.32 Å². The zero-order chi connectivity index (χ0) is 21.7. The van der Waals surface area contributed by atoms with Gasteiger partial charge in [0.25, 0.3) is 0 Å². The zero-order valence-corrected chi connectivity index (χ0v) is 18.9. The van der Waals surface area contributed by atoms with Crippen molar-refractivity contribution in [3.63, 3.8) is 0 Å². The van der Waals surface area contributed by atoms with Gasteiger partial charge in [0.2, 0.25) is 11.8 Å². The number of carbonyl (C=O) groups is 2. The Balaban J connectivity index is 1.55. The highest BCUT2D eigenvalue weighted by molar-refractivity contribution is 8.00. The maximum Gasteiger partial charge on any atom is 0.225 e. The Morgan fingerprint density at radius 2 is 1.97 bits per heavy atom. The fraction of sp³-hybridized carbons (Fsp3) is 0.333. The third kappa shape index (κ3) is 6.23. The number of fused-ring (bicyclic) bond motifs is 1. The van der Waals surface area contributed by atoms with Gasteiger partial charge in [-0.2, -0.15) is 0 Å². The molecule has 1 heterocycles. The summed E-state index contributed by atoms with van der Waals surface area (Å²) in [5, 5.41) is 6.27. The number of amides is 2. The first-order valence-electron chi connectivity index (χ1n) is 9.57. The first-order valence-corrected chi connectivity index (χ1v) is 12.5. The van der Waals surface area contributed by atoms with Crippen LogP contribution in [0.2, 0.25) is 5.02 Å². The molecule has 1 aliphatic heterocycles. The molecule has 2 aromatic carbocycles. The molecule has 3 rings (SSSR count). The topological polar surface area (TPSA) is 92.3 Å². The molecule has 0 radical (unpaired) electrons. The van der Waals surface area contributed by atoms with E-state index in [1.807, 2.05) is 19.1 Å². The van der Waals surface area contributed by atoms with Crippen LogP contribution in [0.15, 0.2) is 52.3 Å². The van der Waals surface area contributed by atoms with Crippen molar-refractivity contribution in [3.05, 3.63) is 53.1 Å². The minimum Gasteiger partial charge on any atom is -0.356 e. The summed E-state index contributed by atoms with van der Waals surface area (Å²) >= 11 is 7.38. The normalized spacial score (nSPS) is 16.3. The molecule has 0 aliphatic carbocycles. The second-order valence-corrected chi connectivity index (χ2v) is 11.2. The number of carbonyl (C=O) groups excluding carboxylic acids is 2. The molecule has 0 fully saturated rings. The predicted octanol–water partition coefficient (Wildman–Crippen LogP) is 3.69. The van der Waals surface area contributed by atoms with Gasteiger partial charge in [-0.3, -0.25) is 9.59 Å². The first kappa shape index (κ1) is 22.7.